The van der Waals surface area contributed by atoms with Gasteiger partial charge in [0.2, 0.25) is 0 Å². The normalized spacial score (nSPS) is 13.8. The second kappa shape index (κ2) is 8.32. The number of nitrogens with one attached hydrogen (secondary N) is 3. The molecule has 0 aliphatic carbocycles. The number of hydrogen-bond donors (Lipinski definition) is 4. The summed E-state index contributed by atoms with van der Waals surface area (Å²) in [6.45, 7) is 0.610. The van der Waals surface area contributed by atoms with E-state index in [0.29, 0.717) is 12.1 Å². The van der Waals surface area contributed by atoms with E-state index in [0.717, 1.165) is 46.3 Å². The van der Waals surface area contributed by atoms with Crippen molar-refractivity contribution in [3.8, 4) is 11.3 Å². The fourth-order valence-corrected chi connectivity index (χ4v) is 4.11. The second-order valence-corrected chi connectivity index (χ2v) is 8.13. The van der Waals surface area contributed by atoms with Crippen molar-refractivity contribution in [1.82, 2.24) is 20.2 Å². The van der Waals surface area contributed by atoms with Gasteiger partial charge in [0.1, 0.15) is 0 Å². The minimum absolute atomic E-state index is 0.00708. The van der Waals surface area contributed by atoms with E-state index in [1.807, 2.05) is 43.6 Å². The van der Waals surface area contributed by atoms with Crippen molar-refractivity contribution in [1.29, 1.82) is 0 Å². The van der Waals surface area contributed by atoms with Crippen LogP contribution in [-0.4, -0.2) is 39.5 Å². The maximum Gasteiger partial charge on any atom is 0.272 e. The van der Waals surface area contributed by atoms with E-state index in [9.17, 15) is 4.79 Å². The Morgan fingerprint density at radius 1 is 1.22 bits per heavy atom. The number of carbonyl (C=O) groups is 1. The molecule has 0 saturated heterocycles. The van der Waals surface area contributed by atoms with Crippen LogP contribution in [-0.2, 0) is 13.5 Å². The topological polar surface area (TPSA) is 113 Å². The maximum atomic E-state index is 12.7. The number of hydrogen-bond acceptors (Lipinski definition) is 5. The third-order valence-electron chi connectivity index (χ3n) is 5.75. The highest BCUT2D eigenvalue weighted by Crippen LogP contribution is 2.34. The van der Waals surface area contributed by atoms with E-state index in [1.165, 1.54) is 5.56 Å². The highest BCUT2D eigenvalue weighted by atomic mass is 16.2. The number of anilines is 1. The molecule has 0 radical (unpaired) electrons. The molecule has 1 aliphatic rings. The van der Waals surface area contributed by atoms with Gasteiger partial charge in [0.15, 0.2) is 0 Å². The van der Waals surface area contributed by atoms with Gasteiger partial charge in [-0.25, -0.2) is 5.43 Å². The number of benzene rings is 2. The molecule has 4 aromatic rings. The molecule has 0 spiro atoms. The molecular weight excluding hydrogens is 402 g/mol. The second-order valence-electron chi connectivity index (χ2n) is 8.13. The van der Waals surface area contributed by atoms with Gasteiger partial charge < -0.3 is 16.0 Å². The number of H-pyrrole nitrogens is 1. The van der Waals surface area contributed by atoms with E-state index in [-0.39, 0.29) is 11.9 Å². The molecule has 3 heterocycles. The molecule has 162 valence electrons. The van der Waals surface area contributed by atoms with E-state index in [4.69, 9.17) is 5.73 Å². The maximum absolute atomic E-state index is 12.7. The van der Waals surface area contributed by atoms with Crippen molar-refractivity contribution in [2.75, 3.05) is 11.9 Å². The predicted molar refractivity (Wildman–Crippen MR) is 127 cm³/mol. The average Bonchev–Trinajstić information content (AvgIpc) is 3.35. The summed E-state index contributed by atoms with van der Waals surface area (Å²) >= 11 is 0. The zero-order valence-electron chi connectivity index (χ0n) is 17.8. The number of rotatable bonds is 7. The Hall–Kier alpha value is -3.91. The zero-order valence-corrected chi connectivity index (χ0v) is 17.8. The van der Waals surface area contributed by atoms with Crippen molar-refractivity contribution in [2.45, 2.75) is 18.9 Å². The molecule has 2 aromatic carbocycles. The number of amides is 1. The lowest BCUT2D eigenvalue weighted by Gasteiger charge is -2.15. The van der Waals surface area contributed by atoms with Crippen LogP contribution in [0.25, 0.3) is 22.2 Å². The molecule has 1 atom stereocenters. The fraction of sp³-hybridized carbons (Fsp3) is 0.208. The minimum Gasteiger partial charge on any atom is -0.383 e. The summed E-state index contributed by atoms with van der Waals surface area (Å²) < 4.78 is 1.75. The van der Waals surface area contributed by atoms with Crippen LogP contribution < -0.4 is 16.5 Å². The SMILES string of the molecule is Cn1cc(-c2[nH]c3cc(NC[C@H](N)CCc4ccccc4)cc4c3c2C=NNC4=O)cn1. The Kier molecular flexibility index (Phi) is 5.20. The van der Waals surface area contributed by atoms with Crippen molar-refractivity contribution in [3.05, 3.63) is 71.5 Å². The largest absolute Gasteiger partial charge is 0.383 e. The van der Waals surface area contributed by atoms with E-state index < -0.39 is 0 Å². The number of aryl methyl sites for hydroxylation is 2. The number of carbonyl (C=O) groups excluding carboxylic acids is 1. The van der Waals surface area contributed by atoms with Gasteiger partial charge in [-0.3, -0.25) is 9.48 Å². The Bertz CT molecular complexity index is 1300. The first kappa shape index (κ1) is 20.0. The number of aromatic amines is 1. The molecule has 0 fully saturated rings. The number of hydrazone groups is 1. The lowest BCUT2D eigenvalue weighted by Crippen LogP contribution is -2.29. The van der Waals surface area contributed by atoms with Gasteiger partial charge in [0.25, 0.3) is 5.91 Å². The van der Waals surface area contributed by atoms with Gasteiger partial charge in [-0.1, -0.05) is 30.3 Å². The summed E-state index contributed by atoms with van der Waals surface area (Å²) in [6.07, 6.45) is 7.21. The van der Waals surface area contributed by atoms with Crippen LogP contribution in [0.3, 0.4) is 0 Å². The Morgan fingerprint density at radius 2 is 2.06 bits per heavy atom. The van der Waals surface area contributed by atoms with E-state index in [2.05, 4.69) is 38.1 Å². The Morgan fingerprint density at radius 3 is 2.84 bits per heavy atom. The molecule has 0 unspecified atom stereocenters. The highest BCUT2D eigenvalue weighted by molar-refractivity contribution is 6.17. The molecule has 5 N–H and O–H groups in total. The van der Waals surface area contributed by atoms with Crippen LogP contribution in [0.4, 0.5) is 5.69 Å². The van der Waals surface area contributed by atoms with Crippen molar-refractivity contribution in [2.24, 2.45) is 17.9 Å². The molecular formula is C24H25N7O. The van der Waals surface area contributed by atoms with Gasteiger partial charge in [0.05, 0.1) is 23.7 Å². The van der Waals surface area contributed by atoms with Crippen LogP contribution in [0.2, 0.25) is 0 Å². The fourth-order valence-electron chi connectivity index (χ4n) is 4.11. The Labute approximate surface area is 185 Å². The van der Waals surface area contributed by atoms with Crippen LogP contribution in [0.15, 0.2) is 60.0 Å². The summed E-state index contributed by atoms with van der Waals surface area (Å²) in [6, 6.07) is 14.2. The smallest absolute Gasteiger partial charge is 0.272 e. The molecule has 1 aliphatic heterocycles. The monoisotopic (exact) mass is 427 g/mol. The summed E-state index contributed by atoms with van der Waals surface area (Å²) in [5.41, 5.74) is 15.2. The molecule has 5 rings (SSSR count). The highest BCUT2D eigenvalue weighted by Gasteiger charge is 2.22. The third kappa shape index (κ3) is 3.88. The molecule has 2 aromatic heterocycles. The van der Waals surface area contributed by atoms with Gasteiger partial charge in [0, 0.05) is 53.5 Å². The van der Waals surface area contributed by atoms with Gasteiger partial charge in [-0.15, -0.1) is 0 Å². The van der Waals surface area contributed by atoms with E-state index in [1.54, 1.807) is 17.1 Å². The number of nitrogens with zero attached hydrogens (tertiary/aromatic N) is 3. The quantitative estimate of drug-likeness (QED) is 0.363. The summed E-state index contributed by atoms with van der Waals surface area (Å²) in [7, 11) is 1.87. The molecule has 1 amide bonds. The van der Waals surface area contributed by atoms with Crippen molar-refractivity contribution >= 4 is 28.7 Å². The van der Waals surface area contributed by atoms with E-state index >= 15 is 0 Å². The van der Waals surface area contributed by atoms with Crippen LogP contribution >= 0.6 is 0 Å². The average molecular weight is 428 g/mol. The summed E-state index contributed by atoms with van der Waals surface area (Å²) in [5.74, 6) is -0.237. The summed E-state index contributed by atoms with van der Waals surface area (Å²) in [4.78, 5) is 16.1. The standard InChI is InChI=1S/C24H25N7O/c1-31-14-16(11-28-31)23-20-13-27-30-24(32)19-9-18(10-21(29-23)22(19)20)26-12-17(25)8-7-15-5-3-2-4-6-15/h2-6,9-11,13-14,17,26,29H,7-8,12,25H2,1H3,(H,30,32)/t17-/m1/s1. The van der Waals surface area contributed by atoms with Crippen LogP contribution in [0, 0.1) is 0 Å². The molecule has 0 saturated carbocycles. The first-order valence-electron chi connectivity index (χ1n) is 10.6. The summed E-state index contributed by atoms with van der Waals surface area (Å²) in [5, 5.41) is 12.6. The lowest BCUT2D eigenvalue weighted by atomic mass is 10.0. The van der Waals surface area contributed by atoms with Gasteiger partial charge in [-0.05, 0) is 30.5 Å². The lowest BCUT2D eigenvalue weighted by molar-refractivity contribution is 0.0957. The van der Waals surface area contributed by atoms with Crippen LogP contribution in [0.5, 0.6) is 0 Å². The predicted octanol–water partition coefficient (Wildman–Crippen LogP) is 3.02. The zero-order chi connectivity index (χ0) is 22.1. The van der Waals surface area contributed by atoms with Gasteiger partial charge >= 0.3 is 0 Å². The molecule has 8 nitrogen and oxygen atoms in total. The first-order valence-corrected chi connectivity index (χ1v) is 10.6. The number of aromatic nitrogens is 3. The third-order valence-corrected chi connectivity index (χ3v) is 5.75. The molecule has 32 heavy (non-hydrogen) atoms. The number of nitrogens with two attached hydrogens (primary N) is 1. The Balaban J connectivity index is 1.40. The molecule has 8 heteroatoms. The van der Waals surface area contributed by atoms with Crippen molar-refractivity contribution < 1.29 is 4.79 Å². The van der Waals surface area contributed by atoms with Crippen molar-refractivity contribution in [3.63, 3.8) is 0 Å². The minimum atomic E-state index is -0.237. The van der Waals surface area contributed by atoms with Gasteiger partial charge in [-0.2, -0.15) is 10.2 Å². The molecule has 0 bridgehead atoms. The first-order chi connectivity index (χ1) is 15.6. The van der Waals surface area contributed by atoms with Crippen LogP contribution in [0.1, 0.15) is 27.9 Å².